The molecule has 0 radical (unpaired) electrons. The van der Waals surface area contributed by atoms with E-state index in [2.05, 4.69) is 16.5 Å². The third-order valence-electron chi connectivity index (χ3n) is 1.83. The summed E-state index contributed by atoms with van der Waals surface area (Å²) in [5.41, 5.74) is 7.68. The van der Waals surface area contributed by atoms with Crippen molar-refractivity contribution in [1.82, 2.24) is 4.37 Å². The van der Waals surface area contributed by atoms with E-state index in [1.807, 2.05) is 24.3 Å². The van der Waals surface area contributed by atoms with Crippen molar-refractivity contribution in [2.45, 2.75) is 6.54 Å². The molecule has 0 atom stereocenters. The zero-order chi connectivity index (χ0) is 9.10. The van der Waals surface area contributed by atoms with Crippen LogP contribution >= 0.6 is 11.5 Å². The summed E-state index contributed by atoms with van der Waals surface area (Å²) in [5.74, 6) is 0. The lowest BCUT2D eigenvalue weighted by Gasteiger charge is -1.92. The number of nitrogens with zero attached hydrogens (tertiary/aromatic N) is 1. The minimum Gasteiger partial charge on any atom is -0.326 e. The Bertz CT molecular complexity index is 381. The van der Waals surface area contributed by atoms with Crippen molar-refractivity contribution in [1.29, 1.82) is 0 Å². The lowest BCUT2D eigenvalue weighted by Crippen LogP contribution is -1.91. The third-order valence-corrected chi connectivity index (χ3v) is 2.64. The van der Waals surface area contributed by atoms with E-state index >= 15 is 0 Å². The van der Waals surface area contributed by atoms with E-state index in [4.69, 9.17) is 5.73 Å². The van der Waals surface area contributed by atoms with Crippen molar-refractivity contribution in [2.24, 2.45) is 5.73 Å². The second-order valence-corrected chi connectivity index (χ2v) is 3.64. The average molecular weight is 190 g/mol. The molecule has 66 valence electrons. The molecular weight excluding hydrogens is 180 g/mol. The van der Waals surface area contributed by atoms with Gasteiger partial charge in [-0.25, -0.2) is 0 Å². The van der Waals surface area contributed by atoms with Crippen LogP contribution in [0, 0.1) is 0 Å². The molecule has 2 nitrogen and oxygen atoms in total. The van der Waals surface area contributed by atoms with Crippen LogP contribution in [0.1, 0.15) is 4.88 Å². The predicted molar refractivity (Wildman–Crippen MR) is 55.4 cm³/mol. The summed E-state index contributed by atoms with van der Waals surface area (Å²) in [6, 6.07) is 12.2. The van der Waals surface area contributed by atoms with Gasteiger partial charge in [0.15, 0.2) is 0 Å². The first-order chi connectivity index (χ1) is 6.40. The number of hydrogen-bond acceptors (Lipinski definition) is 3. The molecule has 1 aromatic heterocycles. The lowest BCUT2D eigenvalue weighted by molar-refractivity contribution is 1.11. The van der Waals surface area contributed by atoms with Crippen LogP contribution in [0.2, 0.25) is 0 Å². The van der Waals surface area contributed by atoms with Crippen molar-refractivity contribution in [2.75, 3.05) is 0 Å². The van der Waals surface area contributed by atoms with E-state index in [1.54, 1.807) is 0 Å². The molecule has 0 saturated carbocycles. The fraction of sp³-hybridized carbons (Fsp3) is 0.100. The van der Waals surface area contributed by atoms with Crippen LogP contribution in [0.25, 0.3) is 11.3 Å². The minimum absolute atomic E-state index is 0.574. The third kappa shape index (κ3) is 1.76. The number of benzene rings is 1. The molecule has 2 aromatic rings. The summed E-state index contributed by atoms with van der Waals surface area (Å²) in [6.45, 7) is 0.574. The Labute approximate surface area is 81.2 Å². The Morgan fingerprint density at radius 2 is 2.00 bits per heavy atom. The highest BCUT2D eigenvalue weighted by atomic mass is 32.1. The van der Waals surface area contributed by atoms with Crippen LogP contribution in [0.5, 0.6) is 0 Å². The fourth-order valence-electron chi connectivity index (χ4n) is 1.15. The molecule has 0 fully saturated rings. The van der Waals surface area contributed by atoms with E-state index < -0.39 is 0 Å². The van der Waals surface area contributed by atoms with Gasteiger partial charge in [-0.1, -0.05) is 30.3 Å². The molecule has 0 aliphatic heterocycles. The lowest BCUT2D eigenvalue weighted by atomic mass is 10.1. The molecule has 13 heavy (non-hydrogen) atoms. The molecule has 2 rings (SSSR count). The van der Waals surface area contributed by atoms with Gasteiger partial charge in [0, 0.05) is 17.0 Å². The average Bonchev–Trinajstić information content (AvgIpc) is 2.67. The Hall–Kier alpha value is -1.19. The highest BCUT2D eigenvalue weighted by Crippen LogP contribution is 2.20. The molecule has 0 amide bonds. The van der Waals surface area contributed by atoms with Crippen molar-refractivity contribution >= 4 is 11.5 Å². The highest BCUT2D eigenvalue weighted by molar-refractivity contribution is 7.06. The van der Waals surface area contributed by atoms with Gasteiger partial charge in [0.2, 0.25) is 0 Å². The van der Waals surface area contributed by atoms with E-state index in [9.17, 15) is 0 Å². The first-order valence-corrected chi connectivity index (χ1v) is 4.88. The van der Waals surface area contributed by atoms with Crippen molar-refractivity contribution < 1.29 is 0 Å². The van der Waals surface area contributed by atoms with Gasteiger partial charge in [-0.05, 0) is 17.6 Å². The van der Waals surface area contributed by atoms with Crippen LogP contribution in [-0.4, -0.2) is 4.37 Å². The molecule has 0 unspecified atom stereocenters. The van der Waals surface area contributed by atoms with Gasteiger partial charge in [0.05, 0.1) is 5.69 Å². The van der Waals surface area contributed by atoms with E-state index in [1.165, 1.54) is 11.5 Å². The Balaban J connectivity index is 2.36. The van der Waals surface area contributed by atoms with Crippen LogP contribution in [-0.2, 0) is 6.54 Å². The van der Waals surface area contributed by atoms with Gasteiger partial charge in [0.25, 0.3) is 0 Å². The fourth-order valence-corrected chi connectivity index (χ4v) is 1.77. The van der Waals surface area contributed by atoms with Gasteiger partial charge in [-0.3, -0.25) is 0 Å². The van der Waals surface area contributed by atoms with Crippen molar-refractivity contribution in [3.05, 3.63) is 41.3 Å². The van der Waals surface area contributed by atoms with Gasteiger partial charge in [-0.2, -0.15) is 4.37 Å². The zero-order valence-electron chi connectivity index (χ0n) is 7.10. The molecular formula is C10H10N2S. The van der Waals surface area contributed by atoms with Crippen LogP contribution in [0.3, 0.4) is 0 Å². The van der Waals surface area contributed by atoms with Crippen molar-refractivity contribution in [3.8, 4) is 11.3 Å². The summed E-state index contributed by atoms with van der Waals surface area (Å²) >= 11 is 1.47. The first-order valence-electron chi connectivity index (χ1n) is 4.11. The van der Waals surface area contributed by atoms with Crippen LogP contribution in [0.4, 0.5) is 0 Å². The summed E-state index contributed by atoms with van der Waals surface area (Å²) < 4.78 is 4.32. The molecule has 0 spiro atoms. The summed E-state index contributed by atoms with van der Waals surface area (Å²) in [7, 11) is 0. The van der Waals surface area contributed by atoms with E-state index in [-0.39, 0.29) is 0 Å². The molecule has 0 bridgehead atoms. The molecule has 1 aromatic carbocycles. The number of rotatable bonds is 2. The maximum Gasteiger partial charge on any atom is 0.0844 e. The molecule has 2 N–H and O–H groups in total. The summed E-state index contributed by atoms with van der Waals surface area (Å²) in [4.78, 5) is 1.12. The summed E-state index contributed by atoms with van der Waals surface area (Å²) in [6.07, 6.45) is 0. The molecule has 0 aliphatic rings. The topological polar surface area (TPSA) is 38.9 Å². The molecule has 3 heteroatoms. The maximum absolute atomic E-state index is 5.51. The smallest absolute Gasteiger partial charge is 0.0844 e. The van der Waals surface area contributed by atoms with Gasteiger partial charge < -0.3 is 5.73 Å². The van der Waals surface area contributed by atoms with Gasteiger partial charge in [0.1, 0.15) is 0 Å². The van der Waals surface area contributed by atoms with Gasteiger partial charge in [-0.15, -0.1) is 0 Å². The van der Waals surface area contributed by atoms with E-state index in [0.717, 1.165) is 16.1 Å². The largest absolute Gasteiger partial charge is 0.326 e. The maximum atomic E-state index is 5.51. The molecule has 0 aliphatic carbocycles. The quantitative estimate of drug-likeness (QED) is 0.789. The molecule has 0 saturated heterocycles. The zero-order valence-corrected chi connectivity index (χ0v) is 7.92. The van der Waals surface area contributed by atoms with Crippen LogP contribution < -0.4 is 5.73 Å². The second-order valence-electron chi connectivity index (χ2n) is 2.75. The van der Waals surface area contributed by atoms with Crippen LogP contribution in [0.15, 0.2) is 36.4 Å². The van der Waals surface area contributed by atoms with E-state index in [0.29, 0.717) is 6.54 Å². The first kappa shape index (κ1) is 8.41. The number of aromatic nitrogens is 1. The highest BCUT2D eigenvalue weighted by Gasteiger charge is 2.01. The van der Waals surface area contributed by atoms with Crippen molar-refractivity contribution in [3.63, 3.8) is 0 Å². The predicted octanol–water partition coefficient (Wildman–Crippen LogP) is 2.27. The number of nitrogens with two attached hydrogens (primary N) is 1. The normalized spacial score (nSPS) is 10.2. The minimum atomic E-state index is 0.574. The van der Waals surface area contributed by atoms with Gasteiger partial charge >= 0.3 is 0 Å². The Kier molecular flexibility index (Phi) is 2.38. The monoisotopic (exact) mass is 190 g/mol. The summed E-state index contributed by atoms with van der Waals surface area (Å²) in [5, 5.41) is 0. The second kappa shape index (κ2) is 3.68. The molecule has 1 heterocycles. The Morgan fingerprint density at radius 1 is 1.23 bits per heavy atom. The standard InChI is InChI=1S/C10H10N2S/c11-7-9-6-10(12-13-9)8-4-2-1-3-5-8/h1-6H,7,11H2. The Morgan fingerprint density at radius 3 is 2.62 bits per heavy atom. The number of hydrogen-bond donors (Lipinski definition) is 1. The SMILES string of the molecule is NCc1cc(-c2ccccc2)ns1.